The lowest BCUT2D eigenvalue weighted by atomic mass is 10.1. The van der Waals surface area contributed by atoms with Crippen molar-refractivity contribution in [2.24, 2.45) is 0 Å². The maximum atomic E-state index is 12.6. The Kier molecular flexibility index (Phi) is 8.11. The number of benzene rings is 2. The molecule has 33 heavy (non-hydrogen) atoms. The van der Waals surface area contributed by atoms with Crippen molar-refractivity contribution in [3.8, 4) is 5.75 Å². The molecule has 0 aliphatic carbocycles. The number of rotatable bonds is 9. The number of methoxy groups -OCH3 is 1. The molecule has 2 aromatic carbocycles. The Balaban J connectivity index is 1.63. The molecule has 0 unspecified atom stereocenters. The van der Waals surface area contributed by atoms with Crippen LogP contribution in [0.1, 0.15) is 47.2 Å². The molecule has 0 saturated carbocycles. The van der Waals surface area contributed by atoms with Gasteiger partial charge >= 0.3 is 0 Å². The van der Waals surface area contributed by atoms with E-state index in [9.17, 15) is 9.59 Å². The predicted molar refractivity (Wildman–Crippen MR) is 130 cm³/mol. The SMILES string of the molecule is CCn1c(SCC(=O)Nc2cccc(C)c2C)nnc1[C@@H](C)NC(=O)c1ccc(OC)cc1. The molecular weight excluding hydrogens is 438 g/mol. The van der Waals surface area contributed by atoms with Gasteiger partial charge in [0, 0.05) is 17.8 Å². The molecule has 0 spiro atoms. The number of aryl methyl sites for hydroxylation is 1. The van der Waals surface area contributed by atoms with Crippen molar-refractivity contribution < 1.29 is 14.3 Å². The summed E-state index contributed by atoms with van der Waals surface area (Å²) in [6, 6.07) is 12.4. The van der Waals surface area contributed by atoms with Gasteiger partial charge in [0.2, 0.25) is 5.91 Å². The number of carbonyl (C=O) groups is 2. The summed E-state index contributed by atoms with van der Waals surface area (Å²) in [5.74, 6) is 1.21. The maximum absolute atomic E-state index is 12.6. The number of aromatic nitrogens is 3. The van der Waals surface area contributed by atoms with Crippen LogP contribution in [0.5, 0.6) is 5.75 Å². The van der Waals surface area contributed by atoms with Crippen molar-refractivity contribution in [1.82, 2.24) is 20.1 Å². The summed E-state index contributed by atoms with van der Waals surface area (Å²) < 4.78 is 7.04. The largest absolute Gasteiger partial charge is 0.497 e. The number of hydrogen-bond acceptors (Lipinski definition) is 6. The third kappa shape index (κ3) is 5.92. The minimum Gasteiger partial charge on any atom is -0.497 e. The van der Waals surface area contributed by atoms with E-state index in [2.05, 4.69) is 20.8 Å². The standard InChI is InChI=1S/C24H29N5O3S/c1-6-29-22(17(4)25-23(31)18-10-12-19(32-5)13-11-18)27-28-24(29)33-14-21(30)26-20-9-7-8-15(2)16(20)3/h7-13,17H,6,14H2,1-5H3,(H,25,31)(H,26,30)/t17-/m1/s1. The molecule has 9 heteroatoms. The average Bonchev–Trinajstić information content (AvgIpc) is 3.24. The second-order valence-corrected chi connectivity index (χ2v) is 8.54. The third-order valence-electron chi connectivity index (χ3n) is 5.36. The molecule has 8 nitrogen and oxygen atoms in total. The van der Waals surface area contributed by atoms with Gasteiger partial charge in [0.15, 0.2) is 11.0 Å². The first-order valence-corrected chi connectivity index (χ1v) is 11.7. The van der Waals surface area contributed by atoms with Crippen LogP contribution in [0.3, 0.4) is 0 Å². The van der Waals surface area contributed by atoms with Gasteiger partial charge in [-0.2, -0.15) is 0 Å². The Morgan fingerprint density at radius 1 is 1.12 bits per heavy atom. The smallest absolute Gasteiger partial charge is 0.251 e. The Morgan fingerprint density at radius 3 is 2.52 bits per heavy atom. The lowest BCUT2D eigenvalue weighted by molar-refractivity contribution is -0.113. The van der Waals surface area contributed by atoms with Crippen LogP contribution < -0.4 is 15.4 Å². The fourth-order valence-electron chi connectivity index (χ4n) is 3.31. The molecule has 0 radical (unpaired) electrons. The van der Waals surface area contributed by atoms with Gasteiger partial charge in [-0.15, -0.1) is 10.2 Å². The number of carbonyl (C=O) groups excluding carboxylic acids is 2. The van der Waals surface area contributed by atoms with E-state index in [0.717, 1.165) is 16.8 Å². The molecule has 1 aromatic heterocycles. The molecule has 174 valence electrons. The molecule has 1 atom stereocenters. The van der Waals surface area contributed by atoms with Crippen molar-refractivity contribution in [3.63, 3.8) is 0 Å². The van der Waals surface area contributed by atoms with Gasteiger partial charge in [-0.25, -0.2) is 0 Å². The second-order valence-electron chi connectivity index (χ2n) is 7.59. The summed E-state index contributed by atoms with van der Waals surface area (Å²) in [7, 11) is 1.58. The zero-order valence-corrected chi connectivity index (χ0v) is 20.3. The summed E-state index contributed by atoms with van der Waals surface area (Å²) >= 11 is 1.32. The summed E-state index contributed by atoms with van der Waals surface area (Å²) in [6.07, 6.45) is 0. The van der Waals surface area contributed by atoms with Gasteiger partial charge in [0.25, 0.3) is 5.91 Å². The Hall–Kier alpha value is -3.33. The van der Waals surface area contributed by atoms with E-state index in [1.54, 1.807) is 31.4 Å². The molecule has 2 N–H and O–H groups in total. The van der Waals surface area contributed by atoms with E-state index in [0.29, 0.717) is 28.8 Å². The number of amides is 2. The lowest BCUT2D eigenvalue weighted by Crippen LogP contribution is -2.28. The first-order chi connectivity index (χ1) is 15.8. The number of hydrogen-bond donors (Lipinski definition) is 2. The van der Waals surface area contributed by atoms with Crippen LogP contribution >= 0.6 is 11.8 Å². The minimum absolute atomic E-state index is 0.109. The second kappa shape index (κ2) is 11.0. The number of anilines is 1. The zero-order valence-electron chi connectivity index (χ0n) is 19.5. The molecule has 0 aliphatic rings. The third-order valence-corrected chi connectivity index (χ3v) is 6.33. The first kappa shape index (κ1) is 24.3. The van der Waals surface area contributed by atoms with Crippen LogP contribution in [-0.2, 0) is 11.3 Å². The zero-order chi connectivity index (χ0) is 24.0. The van der Waals surface area contributed by atoms with Gasteiger partial charge in [-0.3, -0.25) is 9.59 Å². The Morgan fingerprint density at radius 2 is 1.85 bits per heavy atom. The monoisotopic (exact) mass is 467 g/mol. The Bertz CT molecular complexity index is 1130. The number of ether oxygens (including phenoxy) is 1. The predicted octanol–water partition coefficient (Wildman–Crippen LogP) is 4.15. The van der Waals surface area contributed by atoms with Crippen LogP contribution in [0.25, 0.3) is 0 Å². The first-order valence-electron chi connectivity index (χ1n) is 10.7. The van der Waals surface area contributed by atoms with Crippen LogP contribution in [0.2, 0.25) is 0 Å². The summed E-state index contributed by atoms with van der Waals surface area (Å²) in [4.78, 5) is 25.1. The number of thioether (sulfide) groups is 1. The summed E-state index contributed by atoms with van der Waals surface area (Å²) in [6.45, 7) is 8.45. The molecule has 0 bridgehead atoms. The van der Waals surface area contributed by atoms with Crippen molar-refractivity contribution in [1.29, 1.82) is 0 Å². The molecule has 3 aromatic rings. The van der Waals surface area contributed by atoms with Crippen molar-refractivity contribution in [2.75, 3.05) is 18.2 Å². The van der Waals surface area contributed by atoms with Gasteiger partial charge in [-0.05, 0) is 69.2 Å². The average molecular weight is 468 g/mol. The fraction of sp³-hybridized carbons (Fsp3) is 0.333. The van der Waals surface area contributed by atoms with E-state index >= 15 is 0 Å². The van der Waals surface area contributed by atoms with Crippen LogP contribution in [0.15, 0.2) is 47.6 Å². The molecule has 0 aliphatic heterocycles. The number of nitrogens with zero attached hydrogens (tertiary/aromatic N) is 3. The minimum atomic E-state index is -0.356. The Labute approximate surface area is 198 Å². The molecular formula is C24H29N5O3S. The maximum Gasteiger partial charge on any atom is 0.251 e. The van der Waals surface area contributed by atoms with Crippen LogP contribution in [0.4, 0.5) is 5.69 Å². The highest BCUT2D eigenvalue weighted by molar-refractivity contribution is 7.99. The van der Waals surface area contributed by atoms with E-state index in [-0.39, 0.29) is 23.6 Å². The van der Waals surface area contributed by atoms with Crippen molar-refractivity contribution >= 4 is 29.3 Å². The fourth-order valence-corrected chi connectivity index (χ4v) is 4.12. The van der Waals surface area contributed by atoms with Gasteiger partial charge < -0.3 is 19.9 Å². The topological polar surface area (TPSA) is 98.1 Å². The van der Waals surface area contributed by atoms with E-state index in [1.807, 2.05) is 50.5 Å². The quantitative estimate of drug-likeness (QED) is 0.459. The number of nitrogens with one attached hydrogen (secondary N) is 2. The van der Waals surface area contributed by atoms with Crippen LogP contribution in [0, 0.1) is 13.8 Å². The highest BCUT2D eigenvalue weighted by Gasteiger charge is 2.20. The highest BCUT2D eigenvalue weighted by atomic mass is 32.2. The molecule has 3 rings (SSSR count). The van der Waals surface area contributed by atoms with E-state index < -0.39 is 0 Å². The summed E-state index contributed by atoms with van der Waals surface area (Å²) in [5, 5.41) is 15.1. The van der Waals surface area contributed by atoms with Crippen molar-refractivity contribution in [2.45, 2.75) is 45.4 Å². The molecule has 0 fully saturated rings. The molecule has 2 amide bonds. The molecule has 0 saturated heterocycles. The van der Waals surface area contributed by atoms with E-state index in [1.165, 1.54) is 11.8 Å². The lowest BCUT2D eigenvalue weighted by Gasteiger charge is -2.15. The van der Waals surface area contributed by atoms with Gasteiger partial charge in [0.05, 0.1) is 18.9 Å². The van der Waals surface area contributed by atoms with E-state index in [4.69, 9.17) is 4.74 Å². The summed E-state index contributed by atoms with van der Waals surface area (Å²) in [5.41, 5.74) is 3.52. The molecule has 1 heterocycles. The van der Waals surface area contributed by atoms with Gasteiger partial charge in [-0.1, -0.05) is 23.9 Å². The van der Waals surface area contributed by atoms with Crippen molar-refractivity contribution in [3.05, 3.63) is 65.0 Å². The normalized spacial score (nSPS) is 11.7. The van der Waals surface area contributed by atoms with Crippen LogP contribution in [-0.4, -0.2) is 39.4 Å². The highest BCUT2D eigenvalue weighted by Crippen LogP contribution is 2.23. The van der Waals surface area contributed by atoms with Gasteiger partial charge in [0.1, 0.15) is 5.75 Å².